The fourth-order valence-electron chi connectivity index (χ4n) is 3.45. The Morgan fingerprint density at radius 3 is 2.85 bits per heavy atom. The topological polar surface area (TPSA) is 68.5 Å². The molecule has 1 spiro atoms. The molecule has 108 valence electrons. The van der Waals surface area contributed by atoms with E-state index in [1.165, 1.54) is 25.1 Å². The summed E-state index contributed by atoms with van der Waals surface area (Å²) in [6.45, 7) is 0.613. The maximum absolute atomic E-state index is 11.4. The number of hydrogen-bond acceptors (Lipinski definition) is 3. The van der Waals surface area contributed by atoms with Gasteiger partial charge in [-0.2, -0.15) is 0 Å². The second-order valence-corrected chi connectivity index (χ2v) is 5.89. The van der Waals surface area contributed by atoms with Crippen molar-refractivity contribution in [1.29, 1.82) is 0 Å². The molecule has 0 radical (unpaired) electrons. The Labute approximate surface area is 117 Å². The van der Waals surface area contributed by atoms with Crippen LogP contribution in [0.4, 0.5) is 0 Å². The van der Waals surface area contributed by atoms with Crippen molar-refractivity contribution in [2.75, 3.05) is 0 Å². The van der Waals surface area contributed by atoms with Gasteiger partial charge in [0, 0.05) is 25.0 Å². The molecule has 5 heteroatoms. The first-order valence-electron chi connectivity index (χ1n) is 7.19. The fourth-order valence-corrected chi connectivity index (χ4v) is 3.45. The average molecular weight is 277 g/mol. The molecule has 1 saturated carbocycles. The van der Waals surface area contributed by atoms with Crippen molar-refractivity contribution >= 4 is 5.97 Å². The molecular weight excluding hydrogens is 258 g/mol. The summed E-state index contributed by atoms with van der Waals surface area (Å²) >= 11 is 0. The first kappa shape index (κ1) is 13.4. The predicted octanol–water partition coefficient (Wildman–Crippen LogP) is 2.04. The maximum atomic E-state index is 11.4. The van der Waals surface area contributed by atoms with Crippen LogP contribution in [0.5, 0.6) is 0 Å². The lowest BCUT2D eigenvalue weighted by atomic mass is 9.98. The summed E-state index contributed by atoms with van der Waals surface area (Å²) in [5.41, 5.74) is -0.547. The molecule has 1 aliphatic heterocycles. The van der Waals surface area contributed by atoms with Gasteiger partial charge in [-0.3, -0.25) is 4.79 Å². The molecular formula is C15H19NO4. The van der Waals surface area contributed by atoms with Crippen LogP contribution in [0.2, 0.25) is 0 Å². The van der Waals surface area contributed by atoms with E-state index in [9.17, 15) is 9.59 Å². The Hall–Kier alpha value is -1.62. The summed E-state index contributed by atoms with van der Waals surface area (Å²) in [7, 11) is 0. The number of carboxylic acid groups (broad SMARTS) is 1. The lowest BCUT2D eigenvalue weighted by Crippen LogP contribution is -2.27. The van der Waals surface area contributed by atoms with Gasteiger partial charge in [-0.1, -0.05) is 12.8 Å². The molecule has 3 rings (SSSR count). The Kier molecular flexibility index (Phi) is 3.38. The zero-order valence-corrected chi connectivity index (χ0v) is 11.4. The van der Waals surface area contributed by atoms with Crippen LogP contribution in [0.3, 0.4) is 0 Å². The second kappa shape index (κ2) is 5.05. The molecule has 1 aromatic heterocycles. The Morgan fingerprint density at radius 1 is 1.40 bits per heavy atom. The summed E-state index contributed by atoms with van der Waals surface area (Å²) < 4.78 is 7.95. The Morgan fingerprint density at radius 2 is 2.15 bits per heavy atom. The lowest BCUT2D eigenvalue weighted by molar-refractivity contribution is -0.0418. The van der Waals surface area contributed by atoms with E-state index >= 15 is 0 Å². The minimum atomic E-state index is -1.18. The zero-order valence-electron chi connectivity index (χ0n) is 11.4. The Bertz CT molecular complexity index is 571. The molecule has 20 heavy (non-hydrogen) atoms. The van der Waals surface area contributed by atoms with Gasteiger partial charge in [-0.15, -0.1) is 0 Å². The maximum Gasteiger partial charge on any atom is 0.341 e. The smallest absolute Gasteiger partial charge is 0.341 e. The van der Waals surface area contributed by atoms with Crippen molar-refractivity contribution in [1.82, 2.24) is 4.57 Å². The normalized spacial score (nSPS) is 24.3. The minimum absolute atomic E-state index is 0.0827. The van der Waals surface area contributed by atoms with Crippen LogP contribution in [0.1, 0.15) is 48.9 Å². The standard InChI is InChI=1S/C15H19NO4/c17-13-4-8-16(10-12(13)14(18)19)9-11-3-7-15(20-11)5-1-2-6-15/h4,8,10-11H,1-3,5-7,9H2,(H,18,19). The molecule has 0 amide bonds. The summed E-state index contributed by atoms with van der Waals surface area (Å²) in [5.74, 6) is -1.18. The van der Waals surface area contributed by atoms with E-state index < -0.39 is 11.4 Å². The third kappa shape index (κ3) is 2.50. The van der Waals surface area contributed by atoms with E-state index in [1.54, 1.807) is 10.8 Å². The van der Waals surface area contributed by atoms with Crippen LogP contribution in [0.25, 0.3) is 0 Å². The summed E-state index contributed by atoms with van der Waals surface area (Å²) in [6.07, 6.45) is 10.1. The van der Waals surface area contributed by atoms with Gasteiger partial charge < -0.3 is 14.4 Å². The molecule has 0 bridgehead atoms. The average Bonchev–Trinajstić information content (AvgIpc) is 3.03. The van der Waals surface area contributed by atoms with Gasteiger partial charge in [0.15, 0.2) is 5.43 Å². The van der Waals surface area contributed by atoms with Gasteiger partial charge in [0.05, 0.1) is 11.7 Å². The summed E-state index contributed by atoms with van der Waals surface area (Å²) in [4.78, 5) is 22.4. The highest BCUT2D eigenvalue weighted by Gasteiger charge is 2.42. The van der Waals surface area contributed by atoms with Crippen molar-refractivity contribution in [2.24, 2.45) is 0 Å². The molecule has 1 saturated heterocycles. The summed E-state index contributed by atoms with van der Waals surface area (Å²) in [5, 5.41) is 8.97. The molecule has 2 aliphatic rings. The van der Waals surface area contributed by atoms with E-state index in [4.69, 9.17) is 9.84 Å². The number of aromatic nitrogens is 1. The van der Waals surface area contributed by atoms with Crippen LogP contribution in [0, 0.1) is 0 Å². The van der Waals surface area contributed by atoms with Crippen molar-refractivity contribution < 1.29 is 14.6 Å². The van der Waals surface area contributed by atoms with Crippen molar-refractivity contribution in [3.8, 4) is 0 Å². The molecule has 0 aromatic carbocycles. The van der Waals surface area contributed by atoms with Gasteiger partial charge >= 0.3 is 5.97 Å². The van der Waals surface area contributed by atoms with Crippen LogP contribution >= 0.6 is 0 Å². The number of aromatic carboxylic acids is 1. The van der Waals surface area contributed by atoms with E-state index in [-0.39, 0.29) is 17.3 Å². The van der Waals surface area contributed by atoms with Crippen LogP contribution in [-0.2, 0) is 11.3 Å². The van der Waals surface area contributed by atoms with Gasteiger partial charge in [0.2, 0.25) is 0 Å². The molecule has 1 unspecified atom stereocenters. The highest BCUT2D eigenvalue weighted by molar-refractivity contribution is 5.86. The molecule has 2 heterocycles. The van der Waals surface area contributed by atoms with Crippen LogP contribution < -0.4 is 5.43 Å². The number of carboxylic acids is 1. The Balaban J connectivity index is 1.71. The number of ether oxygens (including phenoxy) is 1. The van der Waals surface area contributed by atoms with Gasteiger partial charge in [0.1, 0.15) is 5.56 Å². The van der Waals surface area contributed by atoms with Crippen molar-refractivity contribution in [3.63, 3.8) is 0 Å². The number of carbonyl (C=O) groups is 1. The third-order valence-corrected chi connectivity index (χ3v) is 4.48. The zero-order chi connectivity index (χ0) is 14.2. The van der Waals surface area contributed by atoms with E-state index in [1.807, 2.05) is 0 Å². The van der Waals surface area contributed by atoms with Gasteiger partial charge in [-0.05, 0) is 25.7 Å². The number of pyridine rings is 1. The fraction of sp³-hybridized carbons (Fsp3) is 0.600. The molecule has 1 aliphatic carbocycles. The molecule has 5 nitrogen and oxygen atoms in total. The molecule has 1 atom stereocenters. The monoisotopic (exact) mass is 277 g/mol. The SMILES string of the molecule is O=C(O)c1cn(CC2CCC3(CCCC3)O2)ccc1=O. The van der Waals surface area contributed by atoms with Crippen molar-refractivity contribution in [2.45, 2.75) is 56.8 Å². The predicted molar refractivity (Wildman–Crippen MR) is 73.0 cm³/mol. The van der Waals surface area contributed by atoms with Gasteiger partial charge in [-0.25, -0.2) is 4.79 Å². The van der Waals surface area contributed by atoms with E-state index in [2.05, 4.69) is 0 Å². The molecule has 2 fully saturated rings. The third-order valence-electron chi connectivity index (χ3n) is 4.48. The van der Waals surface area contributed by atoms with Crippen LogP contribution in [0.15, 0.2) is 23.3 Å². The molecule has 1 aromatic rings. The van der Waals surface area contributed by atoms with Gasteiger partial charge in [0.25, 0.3) is 0 Å². The molecule has 1 N–H and O–H groups in total. The second-order valence-electron chi connectivity index (χ2n) is 5.89. The summed E-state index contributed by atoms with van der Waals surface area (Å²) in [6, 6.07) is 1.31. The van der Waals surface area contributed by atoms with Crippen LogP contribution in [-0.4, -0.2) is 27.3 Å². The highest BCUT2D eigenvalue weighted by Crippen LogP contribution is 2.43. The minimum Gasteiger partial charge on any atom is -0.477 e. The number of rotatable bonds is 3. The van der Waals surface area contributed by atoms with E-state index in [0.717, 1.165) is 25.7 Å². The number of nitrogens with zero attached hydrogens (tertiary/aromatic N) is 1. The quantitative estimate of drug-likeness (QED) is 0.918. The lowest BCUT2D eigenvalue weighted by Gasteiger charge is -2.24. The van der Waals surface area contributed by atoms with Crippen molar-refractivity contribution in [3.05, 3.63) is 34.2 Å². The number of hydrogen-bond donors (Lipinski definition) is 1. The first-order chi connectivity index (χ1) is 9.58. The largest absolute Gasteiger partial charge is 0.477 e. The highest BCUT2D eigenvalue weighted by atomic mass is 16.5. The van der Waals surface area contributed by atoms with E-state index in [0.29, 0.717) is 6.54 Å². The first-order valence-corrected chi connectivity index (χ1v) is 7.19.